The van der Waals surface area contributed by atoms with E-state index < -0.39 is 5.97 Å². The number of carbonyl (C=O) groups excluding carboxylic acids is 2. The number of benzene rings is 1. The number of anilines is 1. The van der Waals surface area contributed by atoms with Crippen LogP contribution in [0.5, 0.6) is 11.5 Å². The van der Waals surface area contributed by atoms with E-state index in [0.29, 0.717) is 17.9 Å². The van der Waals surface area contributed by atoms with Crippen LogP contribution in [0.2, 0.25) is 0 Å². The Morgan fingerprint density at radius 3 is 2.09 bits per heavy atom. The summed E-state index contributed by atoms with van der Waals surface area (Å²) in [6.45, 7) is 20.1. The first-order valence-electron chi connectivity index (χ1n) is 9.65. The van der Waals surface area contributed by atoms with Gasteiger partial charge < -0.3 is 19.5 Å². The predicted octanol–water partition coefficient (Wildman–Crippen LogP) is 3.02. The SMILES string of the molecule is COc1c(C)c(C[C@@H](C)OC(C)=O)c2c(c1OC(C)=O)C1[CH][CH][CH][CH]C1N2.[C-]#[O+].[C-]#[O+].[C-]#[O+].[Fe]. The van der Waals surface area contributed by atoms with Crippen LogP contribution in [0.25, 0.3) is 0 Å². The molecule has 3 atom stereocenters. The number of ether oxygens (including phenoxy) is 3. The van der Waals surface area contributed by atoms with Crippen LogP contribution in [0.4, 0.5) is 5.69 Å². The smallest absolute Gasteiger partial charge is 0 e. The Balaban J connectivity index is 0. The fraction of sp³-hybridized carbons (Fsp3) is 0.375. The molecule has 0 spiro atoms. The van der Waals surface area contributed by atoms with E-state index in [-0.39, 0.29) is 41.1 Å². The van der Waals surface area contributed by atoms with Gasteiger partial charge in [0.2, 0.25) is 0 Å². The van der Waals surface area contributed by atoms with Gasteiger partial charge in [-0.1, -0.05) is 0 Å². The van der Waals surface area contributed by atoms with Crippen molar-refractivity contribution in [2.75, 3.05) is 12.4 Å². The van der Waals surface area contributed by atoms with Gasteiger partial charge in [-0.15, -0.1) is 0 Å². The summed E-state index contributed by atoms with van der Waals surface area (Å²) in [7, 11) is 1.57. The zero-order valence-corrected chi connectivity index (χ0v) is 20.5. The largest absolute Gasteiger partial charge is 0 e. The monoisotopic (exact) mass is 511 g/mol. The number of methoxy groups -OCH3 is 1. The third kappa shape index (κ3) is 8.07. The average Bonchev–Trinajstić information content (AvgIpc) is 3.19. The standard InChI is InChI=1S/C21H25NO5.3CO.Fe/c1-11(26-13(3)23)10-16-12(2)20(25-5)21(27-14(4)24)18-15-8-6-7-9-17(15)22-19(16)18;3*1-2;/h6-9,11,15,17,22H,10H2,1-5H3;;;;/t11-,15?,17?;;;;/m1..../s1. The predicted molar refractivity (Wildman–Crippen MR) is 113 cm³/mol. The molecule has 9 nitrogen and oxygen atoms in total. The summed E-state index contributed by atoms with van der Waals surface area (Å²) in [5.41, 5.74) is 3.70. The van der Waals surface area contributed by atoms with Crippen LogP contribution in [0.1, 0.15) is 43.4 Å². The first kappa shape index (κ1) is 33.7. The molecule has 1 aliphatic heterocycles. The maximum Gasteiger partial charge on any atom is 0 e. The minimum atomic E-state index is -0.394. The molecular formula is C24H25FeNO8. The number of hydrogen-bond donors (Lipinski definition) is 1. The molecule has 1 aliphatic carbocycles. The van der Waals surface area contributed by atoms with Crippen LogP contribution < -0.4 is 14.8 Å². The molecule has 1 saturated carbocycles. The zero-order chi connectivity index (χ0) is 25.7. The minimum Gasteiger partial charge on any atom is 0 e. The van der Waals surface area contributed by atoms with E-state index in [0.717, 1.165) is 22.4 Å². The third-order valence-electron chi connectivity index (χ3n) is 4.90. The van der Waals surface area contributed by atoms with Crippen LogP contribution in [0, 0.1) is 52.6 Å². The van der Waals surface area contributed by atoms with Crippen molar-refractivity contribution >= 4 is 17.6 Å². The summed E-state index contributed by atoms with van der Waals surface area (Å²) in [5, 5.41) is 3.54. The van der Waals surface area contributed by atoms with E-state index in [4.69, 9.17) is 28.2 Å². The van der Waals surface area contributed by atoms with Crippen molar-refractivity contribution < 1.29 is 54.8 Å². The van der Waals surface area contributed by atoms with Gasteiger partial charge in [-0.05, 0) is 45.1 Å². The maximum atomic E-state index is 11.7. The van der Waals surface area contributed by atoms with Crippen LogP contribution in [0.3, 0.4) is 0 Å². The molecule has 1 aromatic rings. The summed E-state index contributed by atoms with van der Waals surface area (Å²) in [4.78, 5) is 23.1. The number of nitrogens with one attached hydrogen (secondary N) is 1. The molecule has 1 fully saturated rings. The normalized spacial score (nSPS) is 17.3. The first-order chi connectivity index (χ1) is 15.8. The summed E-state index contributed by atoms with van der Waals surface area (Å²) >= 11 is 0. The summed E-state index contributed by atoms with van der Waals surface area (Å²) < 4.78 is 39.1. The van der Waals surface area contributed by atoms with Crippen molar-refractivity contribution in [3.8, 4) is 11.5 Å². The molecular weight excluding hydrogens is 486 g/mol. The minimum absolute atomic E-state index is 0. The van der Waals surface area contributed by atoms with E-state index in [1.165, 1.54) is 13.8 Å². The van der Waals surface area contributed by atoms with Crippen LogP contribution in [-0.2, 0) is 51.8 Å². The van der Waals surface area contributed by atoms with Gasteiger partial charge in [0.25, 0.3) is 0 Å². The fourth-order valence-corrected chi connectivity index (χ4v) is 3.92. The summed E-state index contributed by atoms with van der Waals surface area (Å²) in [6.07, 6.45) is 8.41. The van der Waals surface area contributed by atoms with Gasteiger partial charge in [-0.2, -0.15) is 0 Å². The van der Waals surface area contributed by atoms with Gasteiger partial charge in [0, 0.05) is 66.1 Å². The molecule has 10 heteroatoms. The van der Waals surface area contributed by atoms with Crippen molar-refractivity contribution in [3.63, 3.8) is 0 Å². The van der Waals surface area contributed by atoms with Crippen molar-refractivity contribution in [3.05, 3.63) is 62.3 Å². The Labute approximate surface area is 210 Å². The Kier molecular flexibility index (Phi) is 16.8. The van der Waals surface area contributed by atoms with Gasteiger partial charge in [0.05, 0.1) is 7.11 Å². The molecule has 182 valence electrons. The van der Waals surface area contributed by atoms with Crippen molar-refractivity contribution in [2.45, 2.75) is 52.2 Å². The van der Waals surface area contributed by atoms with E-state index >= 15 is 0 Å². The molecule has 2 unspecified atom stereocenters. The quantitative estimate of drug-likeness (QED) is 0.212. The number of carbonyl (C=O) groups is 2. The van der Waals surface area contributed by atoms with E-state index in [1.54, 1.807) is 7.11 Å². The molecule has 0 amide bonds. The molecule has 34 heavy (non-hydrogen) atoms. The van der Waals surface area contributed by atoms with Crippen molar-refractivity contribution in [2.24, 2.45) is 0 Å². The molecule has 0 aromatic heterocycles. The molecule has 1 aromatic carbocycles. The average molecular weight is 511 g/mol. The second-order valence-electron chi connectivity index (χ2n) is 6.94. The summed E-state index contributed by atoms with van der Waals surface area (Å²) in [5.74, 6) is 0.333. The third-order valence-corrected chi connectivity index (χ3v) is 4.90. The van der Waals surface area contributed by atoms with Gasteiger partial charge in [-0.25, -0.2) is 0 Å². The van der Waals surface area contributed by atoms with Gasteiger partial charge >= 0.3 is 45.8 Å². The zero-order valence-electron chi connectivity index (χ0n) is 19.4. The molecule has 1 N–H and O–H groups in total. The molecule has 4 radical (unpaired) electrons. The topological polar surface area (TPSA) is 134 Å². The van der Waals surface area contributed by atoms with E-state index in [9.17, 15) is 9.59 Å². The van der Waals surface area contributed by atoms with Crippen molar-refractivity contribution in [1.82, 2.24) is 0 Å². The van der Waals surface area contributed by atoms with E-state index in [1.807, 2.05) is 26.7 Å². The Bertz CT molecular complexity index is 879. The van der Waals surface area contributed by atoms with Crippen LogP contribution in [-0.4, -0.2) is 31.2 Å². The summed E-state index contributed by atoms with van der Waals surface area (Å²) in [6, 6.07) is 0.0774. The first-order valence-corrected chi connectivity index (χ1v) is 9.65. The second-order valence-corrected chi connectivity index (χ2v) is 6.94. The molecule has 0 bridgehead atoms. The van der Waals surface area contributed by atoms with Gasteiger partial charge in [-0.3, -0.25) is 9.59 Å². The van der Waals surface area contributed by atoms with E-state index in [2.05, 4.69) is 38.1 Å². The molecule has 2 aliphatic rings. The van der Waals surface area contributed by atoms with Crippen LogP contribution in [0.15, 0.2) is 0 Å². The fourth-order valence-electron chi connectivity index (χ4n) is 3.92. The second kappa shape index (κ2) is 17.0. The maximum absolute atomic E-state index is 11.7. The number of rotatable bonds is 5. The molecule has 0 saturated heterocycles. The molecule has 3 rings (SSSR count). The number of esters is 2. The Morgan fingerprint density at radius 1 is 1.03 bits per heavy atom. The van der Waals surface area contributed by atoms with Crippen LogP contribution >= 0.6 is 0 Å². The Morgan fingerprint density at radius 2 is 1.59 bits per heavy atom. The van der Waals surface area contributed by atoms with Gasteiger partial charge in [0.15, 0.2) is 11.5 Å². The number of hydrogen-bond acceptors (Lipinski definition) is 6. The van der Waals surface area contributed by atoms with Gasteiger partial charge in [0.1, 0.15) is 6.10 Å². The number of fused-ring (bicyclic) bond motifs is 3. The molecule has 1 heterocycles. The Hall–Kier alpha value is -2.50. The van der Waals surface area contributed by atoms with Crippen molar-refractivity contribution in [1.29, 1.82) is 0 Å².